The summed E-state index contributed by atoms with van der Waals surface area (Å²) >= 11 is 0. The fourth-order valence-electron chi connectivity index (χ4n) is 2.00. The third-order valence-electron chi connectivity index (χ3n) is 2.91. The van der Waals surface area contributed by atoms with Crippen LogP contribution in [0.1, 0.15) is 12.8 Å². The van der Waals surface area contributed by atoms with E-state index in [0.29, 0.717) is 5.52 Å². The molecule has 17 heavy (non-hydrogen) atoms. The van der Waals surface area contributed by atoms with Gasteiger partial charge in [-0.05, 0) is 12.8 Å². The molecule has 1 atom stereocenters. The Morgan fingerprint density at radius 3 is 3.29 bits per heavy atom. The highest BCUT2D eigenvalue weighted by molar-refractivity contribution is 5.81. The summed E-state index contributed by atoms with van der Waals surface area (Å²) in [6.45, 7) is 1.61. The van der Waals surface area contributed by atoms with Crippen molar-refractivity contribution < 1.29 is 4.74 Å². The van der Waals surface area contributed by atoms with E-state index in [1.165, 1.54) is 6.33 Å². The van der Waals surface area contributed by atoms with Crippen LogP contribution in [-0.4, -0.2) is 44.2 Å². The third kappa shape index (κ3) is 1.93. The van der Waals surface area contributed by atoms with Gasteiger partial charge in [0.25, 0.3) is 0 Å². The molecule has 0 saturated carbocycles. The fraction of sp³-hybridized carbons (Fsp3) is 0.600. The van der Waals surface area contributed by atoms with Gasteiger partial charge in [0, 0.05) is 20.2 Å². The predicted molar refractivity (Wildman–Crippen MR) is 61.6 cm³/mol. The van der Waals surface area contributed by atoms with Crippen LogP contribution in [0.5, 0.6) is 0 Å². The van der Waals surface area contributed by atoms with E-state index in [0.717, 1.165) is 37.5 Å². The van der Waals surface area contributed by atoms with E-state index in [1.807, 2.05) is 7.05 Å². The second-order valence-electron chi connectivity index (χ2n) is 4.12. The molecule has 1 fully saturated rings. The van der Waals surface area contributed by atoms with E-state index >= 15 is 0 Å². The molecule has 0 aliphatic carbocycles. The van der Waals surface area contributed by atoms with Crippen LogP contribution in [0.2, 0.25) is 0 Å². The standard InChI is InChI=1S/C10H14N6O/c1-16-10-8(14-15-16)9(12-6-13-10)11-5-7-3-2-4-17-7/h6-7H,2-5H2,1H3,(H,11,12,13)/t7-/m1/s1. The van der Waals surface area contributed by atoms with Crippen LogP contribution < -0.4 is 5.32 Å². The molecule has 7 heteroatoms. The van der Waals surface area contributed by atoms with Crippen LogP contribution in [0.3, 0.4) is 0 Å². The molecule has 0 radical (unpaired) electrons. The number of aromatic nitrogens is 5. The van der Waals surface area contributed by atoms with Gasteiger partial charge in [-0.3, -0.25) is 0 Å². The van der Waals surface area contributed by atoms with Gasteiger partial charge < -0.3 is 10.1 Å². The number of anilines is 1. The summed E-state index contributed by atoms with van der Waals surface area (Å²) in [6, 6.07) is 0. The SMILES string of the molecule is Cn1nnc2c(NC[C@H]3CCCO3)ncnc21. The lowest BCUT2D eigenvalue weighted by molar-refractivity contribution is 0.120. The molecule has 2 aromatic rings. The lowest BCUT2D eigenvalue weighted by Gasteiger charge is -2.10. The number of ether oxygens (including phenoxy) is 1. The van der Waals surface area contributed by atoms with E-state index in [1.54, 1.807) is 4.68 Å². The number of aryl methyl sites for hydroxylation is 1. The number of nitrogens with zero attached hydrogens (tertiary/aromatic N) is 5. The zero-order valence-electron chi connectivity index (χ0n) is 9.63. The van der Waals surface area contributed by atoms with Crippen LogP contribution in [0, 0.1) is 0 Å². The molecule has 1 N–H and O–H groups in total. The molecule has 1 saturated heterocycles. The Hall–Kier alpha value is -1.76. The maximum Gasteiger partial charge on any atom is 0.183 e. The molecule has 90 valence electrons. The number of nitrogens with one attached hydrogen (secondary N) is 1. The van der Waals surface area contributed by atoms with Gasteiger partial charge in [0.15, 0.2) is 17.0 Å². The monoisotopic (exact) mass is 234 g/mol. The Bertz CT molecular complexity index is 518. The largest absolute Gasteiger partial charge is 0.376 e. The molecular formula is C10H14N6O. The van der Waals surface area contributed by atoms with E-state index in [2.05, 4.69) is 25.6 Å². The zero-order valence-corrected chi connectivity index (χ0v) is 9.63. The first-order valence-corrected chi connectivity index (χ1v) is 5.70. The normalized spacial score (nSPS) is 19.9. The van der Waals surface area contributed by atoms with Gasteiger partial charge in [0.05, 0.1) is 6.10 Å². The Kier molecular flexibility index (Phi) is 2.60. The van der Waals surface area contributed by atoms with E-state index < -0.39 is 0 Å². The van der Waals surface area contributed by atoms with Crippen LogP contribution in [-0.2, 0) is 11.8 Å². The lowest BCUT2D eigenvalue weighted by atomic mass is 10.2. The summed E-state index contributed by atoms with van der Waals surface area (Å²) in [5.41, 5.74) is 1.43. The minimum Gasteiger partial charge on any atom is -0.376 e. The predicted octanol–water partition coefficient (Wildman–Crippen LogP) is 0.349. The number of fused-ring (bicyclic) bond motifs is 1. The highest BCUT2D eigenvalue weighted by atomic mass is 16.5. The molecule has 2 aromatic heterocycles. The molecule has 0 amide bonds. The van der Waals surface area contributed by atoms with Gasteiger partial charge in [-0.1, -0.05) is 5.21 Å². The quantitative estimate of drug-likeness (QED) is 0.825. The molecule has 0 spiro atoms. The van der Waals surface area contributed by atoms with Gasteiger partial charge in [-0.25, -0.2) is 14.6 Å². The van der Waals surface area contributed by atoms with Gasteiger partial charge in [-0.15, -0.1) is 5.10 Å². The number of hydrogen-bond donors (Lipinski definition) is 1. The first-order chi connectivity index (χ1) is 8.34. The number of rotatable bonds is 3. The smallest absolute Gasteiger partial charge is 0.183 e. The fourth-order valence-corrected chi connectivity index (χ4v) is 2.00. The average Bonchev–Trinajstić information content (AvgIpc) is 2.97. The Labute approximate surface area is 98.2 Å². The highest BCUT2D eigenvalue weighted by Crippen LogP contribution is 2.17. The minimum atomic E-state index is 0.275. The van der Waals surface area contributed by atoms with Crippen LogP contribution in [0.15, 0.2) is 6.33 Å². The average molecular weight is 234 g/mol. The van der Waals surface area contributed by atoms with Crippen LogP contribution in [0.4, 0.5) is 5.82 Å². The Balaban J connectivity index is 1.79. The molecule has 1 aliphatic heterocycles. The molecule has 0 unspecified atom stereocenters. The molecule has 3 heterocycles. The second-order valence-corrected chi connectivity index (χ2v) is 4.12. The lowest BCUT2D eigenvalue weighted by Crippen LogP contribution is -2.19. The summed E-state index contributed by atoms with van der Waals surface area (Å²) in [5, 5.41) is 11.2. The van der Waals surface area contributed by atoms with Crippen molar-refractivity contribution in [2.75, 3.05) is 18.5 Å². The first-order valence-electron chi connectivity index (χ1n) is 5.70. The summed E-state index contributed by atoms with van der Waals surface area (Å²) in [7, 11) is 1.81. The molecule has 3 rings (SSSR count). The minimum absolute atomic E-state index is 0.275. The molecule has 1 aliphatic rings. The van der Waals surface area contributed by atoms with Crippen molar-refractivity contribution >= 4 is 17.0 Å². The van der Waals surface area contributed by atoms with Crippen molar-refractivity contribution in [2.24, 2.45) is 7.05 Å². The van der Waals surface area contributed by atoms with Crippen LogP contribution >= 0.6 is 0 Å². The highest BCUT2D eigenvalue weighted by Gasteiger charge is 2.16. The molecule has 0 aromatic carbocycles. The maximum absolute atomic E-state index is 5.54. The van der Waals surface area contributed by atoms with Crippen molar-refractivity contribution in [2.45, 2.75) is 18.9 Å². The second kappa shape index (κ2) is 4.25. The Morgan fingerprint density at radius 1 is 1.53 bits per heavy atom. The van der Waals surface area contributed by atoms with E-state index in [9.17, 15) is 0 Å². The summed E-state index contributed by atoms with van der Waals surface area (Å²) in [5.74, 6) is 0.721. The molecular weight excluding hydrogens is 220 g/mol. The van der Waals surface area contributed by atoms with Gasteiger partial charge in [-0.2, -0.15) is 0 Å². The van der Waals surface area contributed by atoms with Crippen molar-refractivity contribution in [3.05, 3.63) is 6.33 Å². The maximum atomic E-state index is 5.54. The summed E-state index contributed by atoms with van der Waals surface area (Å²) in [6.07, 6.45) is 4.03. The summed E-state index contributed by atoms with van der Waals surface area (Å²) in [4.78, 5) is 8.32. The first kappa shape index (κ1) is 10.4. The topological polar surface area (TPSA) is 77.8 Å². The van der Waals surface area contributed by atoms with Gasteiger partial charge >= 0.3 is 0 Å². The van der Waals surface area contributed by atoms with Crippen LogP contribution in [0.25, 0.3) is 11.2 Å². The zero-order chi connectivity index (χ0) is 11.7. The van der Waals surface area contributed by atoms with E-state index in [4.69, 9.17) is 4.74 Å². The van der Waals surface area contributed by atoms with Crippen molar-refractivity contribution in [3.63, 3.8) is 0 Å². The van der Waals surface area contributed by atoms with Crippen molar-refractivity contribution in [1.29, 1.82) is 0 Å². The van der Waals surface area contributed by atoms with Gasteiger partial charge in [0.2, 0.25) is 0 Å². The molecule has 7 nitrogen and oxygen atoms in total. The van der Waals surface area contributed by atoms with Crippen molar-refractivity contribution in [1.82, 2.24) is 25.0 Å². The van der Waals surface area contributed by atoms with E-state index in [-0.39, 0.29) is 6.10 Å². The third-order valence-corrected chi connectivity index (χ3v) is 2.91. The van der Waals surface area contributed by atoms with Crippen molar-refractivity contribution in [3.8, 4) is 0 Å². The van der Waals surface area contributed by atoms with Gasteiger partial charge in [0.1, 0.15) is 6.33 Å². The summed E-state index contributed by atoms with van der Waals surface area (Å²) < 4.78 is 7.18. The molecule has 0 bridgehead atoms. The number of hydrogen-bond acceptors (Lipinski definition) is 6. The Morgan fingerprint density at radius 2 is 2.47 bits per heavy atom.